The predicted octanol–water partition coefficient (Wildman–Crippen LogP) is 2.31. The van der Waals surface area contributed by atoms with E-state index in [2.05, 4.69) is 30.8 Å². The Morgan fingerprint density at radius 1 is 1.48 bits per heavy atom. The van der Waals surface area contributed by atoms with Crippen molar-refractivity contribution >= 4 is 5.91 Å². The van der Waals surface area contributed by atoms with Gasteiger partial charge in [-0.25, -0.2) is 4.39 Å². The summed E-state index contributed by atoms with van der Waals surface area (Å²) in [5.41, 5.74) is 0.148. The topological polar surface area (TPSA) is 36.4 Å². The summed E-state index contributed by atoms with van der Waals surface area (Å²) < 4.78 is 13.8. The van der Waals surface area contributed by atoms with Gasteiger partial charge in [0.15, 0.2) is 5.82 Å². The van der Waals surface area contributed by atoms with Crippen LogP contribution in [0.5, 0.6) is 0 Å². The minimum Gasteiger partial charge on any atom is -0.331 e. The quantitative estimate of drug-likeness (QED) is 0.857. The lowest BCUT2D eigenvalue weighted by Crippen LogP contribution is -2.46. The molecule has 3 atom stereocenters. The van der Waals surface area contributed by atoms with Gasteiger partial charge < -0.3 is 4.90 Å². The summed E-state index contributed by atoms with van der Waals surface area (Å²) in [5.74, 6) is -0.704. The van der Waals surface area contributed by atoms with Crippen LogP contribution in [0, 0.1) is 5.82 Å². The van der Waals surface area contributed by atoms with Crippen LogP contribution in [-0.2, 0) is 0 Å². The van der Waals surface area contributed by atoms with Crippen LogP contribution < -0.4 is 0 Å². The van der Waals surface area contributed by atoms with Crippen molar-refractivity contribution in [3.8, 4) is 0 Å². The van der Waals surface area contributed by atoms with Crippen LogP contribution in [-0.4, -0.2) is 51.9 Å². The second-order valence-electron chi connectivity index (χ2n) is 6.43. The van der Waals surface area contributed by atoms with Crippen molar-refractivity contribution in [3.63, 3.8) is 0 Å². The van der Waals surface area contributed by atoms with Gasteiger partial charge in [-0.15, -0.1) is 0 Å². The molecule has 1 aromatic rings. The van der Waals surface area contributed by atoms with Gasteiger partial charge >= 0.3 is 0 Å². The molecule has 3 rings (SSSR count). The van der Waals surface area contributed by atoms with Crippen LogP contribution in [0.1, 0.15) is 43.5 Å². The van der Waals surface area contributed by atoms with Crippen molar-refractivity contribution in [2.75, 3.05) is 7.05 Å². The number of amides is 1. The molecular weight excluding hydrogens is 269 g/mol. The van der Waals surface area contributed by atoms with Crippen LogP contribution in [0.3, 0.4) is 0 Å². The van der Waals surface area contributed by atoms with Crippen molar-refractivity contribution < 1.29 is 9.18 Å². The number of pyridine rings is 1. The molecule has 2 bridgehead atoms. The normalized spacial score (nSPS) is 27.9. The Morgan fingerprint density at radius 3 is 2.90 bits per heavy atom. The number of carbonyl (C=O) groups is 1. The first-order valence-electron chi connectivity index (χ1n) is 7.64. The molecule has 3 heterocycles. The van der Waals surface area contributed by atoms with Crippen LogP contribution in [0.25, 0.3) is 0 Å². The Kier molecular flexibility index (Phi) is 3.69. The van der Waals surface area contributed by atoms with E-state index in [4.69, 9.17) is 0 Å². The average Bonchev–Trinajstić information content (AvgIpc) is 3.03. The van der Waals surface area contributed by atoms with Crippen molar-refractivity contribution in [2.45, 2.75) is 57.3 Å². The molecule has 2 fully saturated rings. The number of nitrogens with zero attached hydrogens (tertiary/aromatic N) is 3. The van der Waals surface area contributed by atoms with Gasteiger partial charge in [0.2, 0.25) is 0 Å². The Labute approximate surface area is 125 Å². The molecule has 2 aliphatic rings. The molecule has 0 N–H and O–H groups in total. The maximum absolute atomic E-state index is 13.8. The minimum atomic E-state index is -0.525. The number of hydrogen-bond acceptors (Lipinski definition) is 3. The number of hydrogen-bond donors (Lipinski definition) is 0. The lowest BCUT2D eigenvalue weighted by molar-refractivity contribution is 0.0689. The Hall–Kier alpha value is -1.49. The van der Waals surface area contributed by atoms with Gasteiger partial charge in [0.25, 0.3) is 5.91 Å². The van der Waals surface area contributed by atoms with Gasteiger partial charge in [0, 0.05) is 30.4 Å². The maximum Gasteiger partial charge on any atom is 0.257 e. The third-order valence-corrected chi connectivity index (χ3v) is 5.08. The molecule has 0 aliphatic carbocycles. The van der Waals surface area contributed by atoms with E-state index >= 15 is 0 Å². The molecule has 0 spiro atoms. The third-order valence-electron chi connectivity index (χ3n) is 5.08. The van der Waals surface area contributed by atoms with E-state index in [0.717, 1.165) is 25.5 Å². The zero-order valence-electron chi connectivity index (χ0n) is 12.8. The predicted molar refractivity (Wildman–Crippen MR) is 78.5 cm³/mol. The molecule has 1 amide bonds. The smallest absolute Gasteiger partial charge is 0.257 e. The van der Waals surface area contributed by atoms with E-state index in [1.807, 2.05) is 4.90 Å². The number of fused-ring (bicyclic) bond motifs is 2. The molecule has 5 heteroatoms. The number of rotatable bonds is 3. The third kappa shape index (κ3) is 2.33. The van der Waals surface area contributed by atoms with Crippen molar-refractivity contribution in [3.05, 3.63) is 29.8 Å². The molecule has 114 valence electrons. The highest BCUT2D eigenvalue weighted by Gasteiger charge is 2.50. The molecule has 2 unspecified atom stereocenters. The van der Waals surface area contributed by atoms with Crippen LogP contribution in [0.4, 0.5) is 4.39 Å². The molecule has 1 aromatic heterocycles. The highest BCUT2D eigenvalue weighted by molar-refractivity contribution is 5.95. The number of carbonyl (C=O) groups excluding carboxylic acids is 1. The first kappa shape index (κ1) is 14.4. The van der Waals surface area contributed by atoms with Crippen LogP contribution >= 0.6 is 0 Å². The first-order chi connectivity index (χ1) is 10.0. The molecule has 4 nitrogen and oxygen atoms in total. The fraction of sp³-hybridized carbons (Fsp3) is 0.625. The minimum absolute atomic E-state index is 0.148. The van der Waals surface area contributed by atoms with E-state index in [9.17, 15) is 9.18 Å². The molecule has 2 saturated heterocycles. The van der Waals surface area contributed by atoms with Crippen molar-refractivity contribution in [1.29, 1.82) is 0 Å². The number of likely N-dealkylation sites (N-methyl/N-ethyl adjacent to an activating group) is 1. The molecular formula is C16H22FN3O. The van der Waals surface area contributed by atoms with E-state index in [1.54, 1.807) is 0 Å². The maximum atomic E-state index is 13.8. The lowest BCUT2D eigenvalue weighted by Gasteiger charge is -2.34. The average molecular weight is 291 g/mol. The van der Waals surface area contributed by atoms with Crippen molar-refractivity contribution in [1.82, 2.24) is 14.8 Å². The zero-order valence-corrected chi connectivity index (χ0v) is 12.8. The van der Waals surface area contributed by atoms with Gasteiger partial charge in [-0.1, -0.05) is 0 Å². The summed E-state index contributed by atoms with van der Waals surface area (Å²) in [4.78, 5) is 20.7. The van der Waals surface area contributed by atoms with Gasteiger partial charge in [-0.3, -0.25) is 14.7 Å². The summed E-state index contributed by atoms with van der Waals surface area (Å²) in [7, 11) is 2.12. The summed E-state index contributed by atoms with van der Waals surface area (Å²) in [6, 6.07) is 2.78. The summed E-state index contributed by atoms with van der Waals surface area (Å²) in [6.45, 7) is 4.33. The Balaban J connectivity index is 1.84. The molecule has 0 radical (unpaired) electrons. The monoisotopic (exact) mass is 291 g/mol. The molecule has 0 saturated carbocycles. The van der Waals surface area contributed by atoms with E-state index in [1.165, 1.54) is 12.3 Å². The Morgan fingerprint density at radius 2 is 2.24 bits per heavy atom. The second-order valence-corrected chi connectivity index (χ2v) is 6.43. The largest absolute Gasteiger partial charge is 0.331 e. The number of halogens is 1. The SMILES string of the molecule is CC(C)N(C)[C@@H]1CC2CCC1N2C(=O)c1ccncc1F. The van der Waals surface area contributed by atoms with E-state index in [0.29, 0.717) is 12.1 Å². The molecule has 21 heavy (non-hydrogen) atoms. The summed E-state index contributed by atoms with van der Waals surface area (Å²) in [5, 5.41) is 0. The van der Waals surface area contributed by atoms with Gasteiger partial charge in [-0.05, 0) is 46.2 Å². The Bertz CT molecular complexity index is 548. The highest BCUT2D eigenvalue weighted by Crippen LogP contribution is 2.41. The number of aromatic nitrogens is 1. The van der Waals surface area contributed by atoms with Gasteiger partial charge in [-0.2, -0.15) is 0 Å². The fourth-order valence-corrected chi connectivity index (χ4v) is 3.78. The standard InChI is InChI=1S/C16H22FN3O/c1-10(2)19(3)15-8-11-4-5-14(15)20(11)16(21)12-6-7-18-9-13(12)17/h6-7,9-11,14-15H,4-5,8H2,1-3H3/t11?,14?,15-/m1/s1. The van der Waals surface area contributed by atoms with Gasteiger partial charge in [0.1, 0.15) is 0 Å². The van der Waals surface area contributed by atoms with Gasteiger partial charge in [0.05, 0.1) is 11.8 Å². The van der Waals surface area contributed by atoms with Crippen LogP contribution in [0.15, 0.2) is 18.5 Å². The lowest BCUT2D eigenvalue weighted by atomic mass is 9.94. The fourth-order valence-electron chi connectivity index (χ4n) is 3.78. The zero-order chi connectivity index (χ0) is 15.1. The van der Waals surface area contributed by atoms with Crippen molar-refractivity contribution in [2.24, 2.45) is 0 Å². The van der Waals surface area contributed by atoms with E-state index in [-0.39, 0.29) is 23.6 Å². The van der Waals surface area contributed by atoms with E-state index < -0.39 is 5.82 Å². The molecule has 0 aromatic carbocycles. The highest BCUT2D eigenvalue weighted by atomic mass is 19.1. The second kappa shape index (κ2) is 5.37. The summed E-state index contributed by atoms with van der Waals surface area (Å²) >= 11 is 0. The first-order valence-corrected chi connectivity index (χ1v) is 7.64. The van der Waals surface area contributed by atoms with Crippen LogP contribution in [0.2, 0.25) is 0 Å². The molecule has 2 aliphatic heterocycles. The summed E-state index contributed by atoms with van der Waals surface area (Å²) in [6.07, 6.45) is 5.64.